The van der Waals surface area contributed by atoms with Gasteiger partial charge in [0.25, 0.3) is 0 Å². The minimum atomic E-state index is 0.796. The van der Waals surface area contributed by atoms with Crippen LogP contribution in [0.2, 0.25) is 0 Å². The average Bonchev–Trinajstić information content (AvgIpc) is 2.71. The van der Waals surface area contributed by atoms with E-state index < -0.39 is 0 Å². The molecule has 0 spiro atoms. The fourth-order valence-electron chi connectivity index (χ4n) is 1.41. The van der Waals surface area contributed by atoms with E-state index in [4.69, 9.17) is 4.74 Å². The lowest BCUT2D eigenvalue weighted by Crippen LogP contribution is -1.98. The molecule has 2 aromatic rings. The van der Waals surface area contributed by atoms with Crippen LogP contribution in [0.4, 0.5) is 0 Å². The maximum Gasteiger partial charge on any atom is 0.123 e. The summed E-state index contributed by atoms with van der Waals surface area (Å²) in [6.45, 7) is 0.796. The van der Waals surface area contributed by atoms with E-state index in [0.29, 0.717) is 0 Å². The molecule has 3 heteroatoms. The fourth-order valence-corrected chi connectivity index (χ4v) is 1.41. The molecule has 0 aliphatic heterocycles. The number of rotatable bonds is 3. The van der Waals surface area contributed by atoms with E-state index in [9.17, 15) is 0 Å². The zero-order valence-electron chi connectivity index (χ0n) is 8.05. The van der Waals surface area contributed by atoms with Gasteiger partial charge in [-0.2, -0.15) is 0 Å². The van der Waals surface area contributed by atoms with Gasteiger partial charge in [-0.15, -0.1) is 0 Å². The molecule has 0 aliphatic carbocycles. The van der Waals surface area contributed by atoms with Crippen LogP contribution in [0.15, 0.2) is 43.0 Å². The summed E-state index contributed by atoms with van der Waals surface area (Å²) in [7, 11) is 1.69. The standard InChI is InChI=1S/C11H12N2O/c1-14-11-5-3-2-4-10(11)8-13-7-6-12-9-13/h2-7,9H,8H2,1H3. The van der Waals surface area contributed by atoms with Crippen molar-refractivity contribution in [1.82, 2.24) is 9.55 Å². The Labute approximate surface area is 83.0 Å². The second-order valence-corrected chi connectivity index (χ2v) is 3.05. The Kier molecular flexibility index (Phi) is 2.49. The molecule has 1 aromatic heterocycles. The smallest absolute Gasteiger partial charge is 0.123 e. The first kappa shape index (κ1) is 8.81. The van der Waals surface area contributed by atoms with Crippen molar-refractivity contribution in [1.29, 1.82) is 0 Å². The molecule has 0 N–H and O–H groups in total. The molecule has 0 atom stereocenters. The third-order valence-electron chi connectivity index (χ3n) is 2.10. The Morgan fingerprint density at radius 1 is 1.36 bits per heavy atom. The molecule has 1 heterocycles. The topological polar surface area (TPSA) is 27.1 Å². The van der Waals surface area contributed by atoms with Crippen LogP contribution in [0, 0.1) is 0 Å². The van der Waals surface area contributed by atoms with E-state index in [0.717, 1.165) is 17.9 Å². The lowest BCUT2D eigenvalue weighted by Gasteiger charge is -2.07. The lowest BCUT2D eigenvalue weighted by molar-refractivity contribution is 0.408. The Morgan fingerprint density at radius 3 is 2.93 bits per heavy atom. The van der Waals surface area contributed by atoms with Crippen LogP contribution in [0.25, 0.3) is 0 Å². The Bertz CT molecular complexity index is 395. The predicted octanol–water partition coefficient (Wildman–Crippen LogP) is 1.94. The maximum absolute atomic E-state index is 5.26. The number of nitrogens with zero attached hydrogens (tertiary/aromatic N) is 2. The first-order chi connectivity index (χ1) is 6.90. The highest BCUT2D eigenvalue weighted by Crippen LogP contribution is 2.17. The Morgan fingerprint density at radius 2 is 2.21 bits per heavy atom. The predicted molar refractivity (Wildman–Crippen MR) is 54.3 cm³/mol. The van der Waals surface area contributed by atoms with Crippen LogP contribution in [0.5, 0.6) is 5.75 Å². The van der Waals surface area contributed by atoms with E-state index in [1.54, 1.807) is 19.6 Å². The SMILES string of the molecule is COc1ccccc1Cn1ccnc1. The van der Waals surface area contributed by atoms with Crippen LogP contribution in [-0.2, 0) is 6.54 Å². The first-order valence-electron chi connectivity index (χ1n) is 4.48. The van der Waals surface area contributed by atoms with Gasteiger partial charge >= 0.3 is 0 Å². The molecule has 14 heavy (non-hydrogen) atoms. The van der Waals surface area contributed by atoms with Crippen molar-refractivity contribution >= 4 is 0 Å². The number of para-hydroxylation sites is 1. The minimum absolute atomic E-state index is 0.796. The molecular formula is C11H12N2O. The number of benzene rings is 1. The first-order valence-corrected chi connectivity index (χ1v) is 4.48. The zero-order valence-corrected chi connectivity index (χ0v) is 8.05. The van der Waals surface area contributed by atoms with Gasteiger partial charge in [0.05, 0.1) is 20.0 Å². The zero-order chi connectivity index (χ0) is 9.80. The second-order valence-electron chi connectivity index (χ2n) is 3.05. The van der Waals surface area contributed by atoms with E-state index in [-0.39, 0.29) is 0 Å². The highest BCUT2D eigenvalue weighted by molar-refractivity contribution is 5.33. The summed E-state index contributed by atoms with van der Waals surface area (Å²) in [6.07, 6.45) is 5.51. The van der Waals surface area contributed by atoms with Gasteiger partial charge in [0.1, 0.15) is 5.75 Å². The van der Waals surface area contributed by atoms with Crippen molar-refractivity contribution in [2.45, 2.75) is 6.54 Å². The molecule has 0 saturated heterocycles. The summed E-state index contributed by atoms with van der Waals surface area (Å²) >= 11 is 0. The van der Waals surface area contributed by atoms with Crippen molar-refractivity contribution in [2.75, 3.05) is 7.11 Å². The highest BCUT2D eigenvalue weighted by Gasteiger charge is 2.01. The van der Waals surface area contributed by atoms with Crippen molar-refractivity contribution in [3.63, 3.8) is 0 Å². The van der Waals surface area contributed by atoms with Crippen LogP contribution in [0.1, 0.15) is 5.56 Å². The van der Waals surface area contributed by atoms with Crippen LogP contribution in [-0.4, -0.2) is 16.7 Å². The van der Waals surface area contributed by atoms with Crippen molar-refractivity contribution < 1.29 is 4.74 Å². The summed E-state index contributed by atoms with van der Waals surface area (Å²) in [4.78, 5) is 4.00. The largest absolute Gasteiger partial charge is 0.496 e. The monoisotopic (exact) mass is 188 g/mol. The summed E-state index contributed by atoms with van der Waals surface area (Å²) in [6, 6.07) is 8.00. The summed E-state index contributed by atoms with van der Waals surface area (Å²) in [5, 5.41) is 0. The maximum atomic E-state index is 5.26. The lowest BCUT2D eigenvalue weighted by atomic mass is 10.2. The molecule has 0 saturated carbocycles. The number of hydrogen-bond acceptors (Lipinski definition) is 2. The van der Waals surface area contributed by atoms with E-state index in [1.807, 2.05) is 29.0 Å². The molecule has 0 bridgehead atoms. The van der Waals surface area contributed by atoms with Gasteiger partial charge < -0.3 is 9.30 Å². The summed E-state index contributed by atoms with van der Waals surface area (Å²) in [5.41, 5.74) is 1.16. The van der Waals surface area contributed by atoms with E-state index >= 15 is 0 Å². The molecule has 0 radical (unpaired) electrons. The molecule has 1 aromatic carbocycles. The van der Waals surface area contributed by atoms with Gasteiger partial charge in [-0.25, -0.2) is 4.98 Å². The normalized spacial score (nSPS) is 10.1. The fraction of sp³-hybridized carbons (Fsp3) is 0.182. The second kappa shape index (κ2) is 3.96. The van der Waals surface area contributed by atoms with Gasteiger partial charge in [0.2, 0.25) is 0 Å². The summed E-state index contributed by atoms with van der Waals surface area (Å²) < 4.78 is 7.27. The van der Waals surface area contributed by atoms with Crippen molar-refractivity contribution in [3.8, 4) is 5.75 Å². The highest BCUT2D eigenvalue weighted by atomic mass is 16.5. The van der Waals surface area contributed by atoms with Crippen molar-refractivity contribution in [2.24, 2.45) is 0 Å². The Hall–Kier alpha value is -1.77. The molecule has 0 amide bonds. The molecular weight excluding hydrogens is 176 g/mol. The molecule has 0 aliphatic rings. The third-order valence-corrected chi connectivity index (χ3v) is 2.10. The van der Waals surface area contributed by atoms with Crippen molar-refractivity contribution in [3.05, 3.63) is 48.5 Å². The van der Waals surface area contributed by atoms with Gasteiger partial charge in [-0.3, -0.25) is 0 Å². The number of methoxy groups -OCH3 is 1. The average molecular weight is 188 g/mol. The van der Waals surface area contributed by atoms with Gasteiger partial charge in [-0.05, 0) is 6.07 Å². The van der Waals surface area contributed by atoms with Crippen LogP contribution < -0.4 is 4.74 Å². The minimum Gasteiger partial charge on any atom is -0.496 e. The van der Waals surface area contributed by atoms with Gasteiger partial charge in [0, 0.05) is 18.0 Å². The van der Waals surface area contributed by atoms with E-state index in [1.165, 1.54) is 0 Å². The number of aromatic nitrogens is 2. The quantitative estimate of drug-likeness (QED) is 0.736. The van der Waals surface area contributed by atoms with Gasteiger partial charge in [-0.1, -0.05) is 18.2 Å². The van der Waals surface area contributed by atoms with Crippen LogP contribution in [0.3, 0.4) is 0 Å². The molecule has 72 valence electrons. The molecule has 0 fully saturated rings. The Balaban J connectivity index is 2.24. The molecule has 3 nitrogen and oxygen atoms in total. The number of ether oxygens (including phenoxy) is 1. The van der Waals surface area contributed by atoms with Gasteiger partial charge in [0.15, 0.2) is 0 Å². The number of imidazole rings is 1. The van der Waals surface area contributed by atoms with E-state index in [2.05, 4.69) is 11.1 Å². The molecule has 0 unspecified atom stereocenters. The summed E-state index contributed by atoms with van der Waals surface area (Å²) in [5.74, 6) is 0.918. The molecule has 2 rings (SSSR count). The third kappa shape index (κ3) is 1.76. The van der Waals surface area contributed by atoms with Crippen LogP contribution >= 0.6 is 0 Å². The number of hydrogen-bond donors (Lipinski definition) is 0.